The quantitative estimate of drug-likeness (QED) is 0.726. The number of alkyl halides is 3. The van der Waals surface area contributed by atoms with Gasteiger partial charge in [0.2, 0.25) is 10.0 Å². The van der Waals surface area contributed by atoms with Crippen LogP contribution in [0, 0.1) is 0 Å². The number of phenolic OH excluding ortho intramolecular Hbond substituents is 1. The Morgan fingerprint density at radius 3 is 2.45 bits per heavy atom. The van der Waals surface area contributed by atoms with Crippen molar-refractivity contribution >= 4 is 10.0 Å². The maximum absolute atomic E-state index is 13.1. The molecule has 3 aliphatic heterocycles. The normalized spacial score (nSPS) is 25.7. The molecule has 0 aromatic heterocycles. The van der Waals surface area contributed by atoms with Crippen LogP contribution in [0.4, 0.5) is 13.2 Å². The Labute approximate surface area is 178 Å². The highest BCUT2D eigenvalue weighted by Gasteiger charge is 2.47. The summed E-state index contributed by atoms with van der Waals surface area (Å²) in [6.45, 7) is 3.75. The minimum Gasteiger partial charge on any atom is -0.506 e. The van der Waals surface area contributed by atoms with Crippen LogP contribution < -0.4 is 4.74 Å². The molecule has 4 rings (SSSR count). The lowest BCUT2D eigenvalue weighted by atomic mass is 9.88. The van der Waals surface area contributed by atoms with Crippen molar-refractivity contribution in [3.05, 3.63) is 18.2 Å². The molecule has 0 radical (unpaired) electrons. The van der Waals surface area contributed by atoms with Crippen molar-refractivity contribution in [1.82, 2.24) is 9.21 Å². The van der Waals surface area contributed by atoms with Gasteiger partial charge in [0.25, 0.3) is 0 Å². The number of morpholine rings is 1. The fourth-order valence-corrected chi connectivity index (χ4v) is 6.20. The topological polar surface area (TPSA) is 88.5 Å². The van der Waals surface area contributed by atoms with E-state index in [0.717, 1.165) is 42.0 Å². The fourth-order valence-electron chi connectivity index (χ4n) is 4.58. The number of piperidine rings is 1. The van der Waals surface area contributed by atoms with Crippen LogP contribution in [0.1, 0.15) is 19.3 Å². The van der Waals surface area contributed by atoms with Crippen LogP contribution in [0.3, 0.4) is 0 Å². The zero-order valence-electron chi connectivity index (χ0n) is 16.8. The predicted molar refractivity (Wildman–Crippen MR) is 102 cm³/mol. The second-order valence-electron chi connectivity index (χ2n) is 8.06. The number of hydrogen-bond acceptors (Lipinski definition) is 7. The molecule has 3 fully saturated rings. The summed E-state index contributed by atoms with van der Waals surface area (Å²) < 4.78 is 80.8. The lowest BCUT2D eigenvalue weighted by molar-refractivity contribution is -0.275. The first kappa shape index (κ1) is 22.6. The first-order chi connectivity index (χ1) is 14.6. The van der Waals surface area contributed by atoms with Gasteiger partial charge in [-0.1, -0.05) is 6.07 Å². The van der Waals surface area contributed by atoms with Gasteiger partial charge >= 0.3 is 6.36 Å². The number of hydrogen-bond donors (Lipinski definition) is 1. The molecule has 31 heavy (non-hydrogen) atoms. The summed E-state index contributed by atoms with van der Waals surface area (Å²) in [6, 6.07) is 3.24. The van der Waals surface area contributed by atoms with E-state index in [2.05, 4.69) is 9.64 Å². The first-order valence-electron chi connectivity index (χ1n) is 10.1. The van der Waals surface area contributed by atoms with E-state index in [1.165, 1.54) is 0 Å². The SMILES string of the molecule is O=S(=O)(c1c(O)cccc1OC(F)(F)F)N1CCC2(CC1)CC(N1CCOCC1)CO2. The molecule has 3 saturated heterocycles. The number of ether oxygens (including phenoxy) is 3. The highest BCUT2D eigenvalue weighted by atomic mass is 32.2. The maximum atomic E-state index is 13.1. The molecule has 3 heterocycles. The molecule has 1 aromatic carbocycles. The highest BCUT2D eigenvalue weighted by molar-refractivity contribution is 7.89. The zero-order chi connectivity index (χ0) is 22.3. The van der Waals surface area contributed by atoms with Crippen molar-refractivity contribution in [2.75, 3.05) is 46.0 Å². The molecule has 1 unspecified atom stereocenters. The number of phenols is 1. The molecule has 12 heteroatoms. The van der Waals surface area contributed by atoms with E-state index in [-0.39, 0.29) is 19.1 Å². The van der Waals surface area contributed by atoms with Crippen LogP contribution in [0.15, 0.2) is 23.1 Å². The molecule has 1 aromatic rings. The second-order valence-corrected chi connectivity index (χ2v) is 9.93. The van der Waals surface area contributed by atoms with Crippen molar-refractivity contribution in [3.63, 3.8) is 0 Å². The van der Waals surface area contributed by atoms with Gasteiger partial charge < -0.3 is 19.3 Å². The van der Waals surface area contributed by atoms with Gasteiger partial charge in [0, 0.05) is 32.2 Å². The Kier molecular flexibility index (Phi) is 6.12. The van der Waals surface area contributed by atoms with E-state index in [1.54, 1.807) is 0 Å². The molecule has 174 valence electrons. The van der Waals surface area contributed by atoms with Crippen LogP contribution in [-0.2, 0) is 19.5 Å². The summed E-state index contributed by atoms with van der Waals surface area (Å²) in [5, 5.41) is 10.0. The third-order valence-electron chi connectivity index (χ3n) is 6.17. The van der Waals surface area contributed by atoms with E-state index in [9.17, 15) is 26.7 Å². The number of halogens is 3. The van der Waals surface area contributed by atoms with Crippen LogP contribution in [0.25, 0.3) is 0 Å². The minimum absolute atomic E-state index is 0.0813. The Bertz CT molecular complexity index is 896. The summed E-state index contributed by atoms with van der Waals surface area (Å²) >= 11 is 0. The monoisotopic (exact) mass is 466 g/mol. The van der Waals surface area contributed by atoms with Crippen LogP contribution >= 0.6 is 0 Å². The molecular weight excluding hydrogens is 441 g/mol. The van der Waals surface area contributed by atoms with Crippen molar-refractivity contribution in [3.8, 4) is 11.5 Å². The van der Waals surface area contributed by atoms with Crippen LogP contribution in [-0.4, -0.2) is 86.7 Å². The van der Waals surface area contributed by atoms with Gasteiger partial charge in [-0.25, -0.2) is 8.42 Å². The van der Waals surface area contributed by atoms with Crippen molar-refractivity contribution in [2.45, 2.75) is 42.2 Å². The van der Waals surface area contributed by atoms with Crippen molar-refractivity contribution < 1.29 is 40.9 Å². The Hall–Kier alpha value is -1.60. The fraction of sp³-hybridized carbons (Fsp3) is 0.684. The summed E-state index contributed by atoms with van der Waals surface area (Å²) in [5.74, 6) is -1.73. The van der Waals surface area contributed by atoms with Gasteiger partial charge in [-0.05, 0) is 31.4 Å². The maximum Gasteiger partial charge on any atom is 0.573 e. The van der Waals surface area contributed by atoms with Gasteiger partial charge in [-0.15, -0.1) is 13.2 Å². The van der Waals surface area contributed by atoms with Gasteiger partial charge in [0.05, 0.1) is 25.4 Å². The predicted octanol–water partition coefficient (Wildman–Crippen LogP) is 1.94. The third-order valence-corrected chi connectivity index (χ3v) is 8.14. The molecule has 0 bridgehead atoms. The van der Waals surface area contributed by atoms with Crippen LogP contribution in [0.2, 0.25) is 0 Å². The molecule has 8 nitrogen and oxygen atoms in total. The highest BCUT2D eigenvalue weighted by Crippen LogP contribution is 2.42. The summed E-state index contributed by atoms with van der Waals surface area (Å²) in [5.41, 5.74) is -0.445. The van der Waals surface area contributed by atoms with Gasteiger partial charge in [0.15, 0.2) is 10.6 Å². The lowest BCUT2D eigenvalue weighted by Gasteiger charge is -2.38. The van der Waals surface area contributed by atoms with E-state index in [4.69, 9.17) is 9.47 Å². The molecular formula is C19H25F3N2O6S. The minimum atomic E-state index is -5.09. The largest absolute Gasteiger partial charge is 0.573 e. The van der Waals surface area contributed by atoms with Gasteiger partial charge in [0.1, 0.15) is 5.75 Å². The second kappa shape index (κ2) is 8.39. The third kappa shape index (κ3) is 4.77. The standard InChI is InChI=1S/C19H25F3N2O6S/c20-19(21,22)30-16-3-1-2-15(25)17(16)31(26,27)24-6-4-18(5-7-24)12-14(13-29-18)23-8-10-28-11-9-23/h1-3,14,25H,4-13H2. The van der Waals surface area contributed by atoms with E-state index in [1.807, 2.05) is 0 Å². The Morgan fingerprint density at radius 1 is 1.13 bits per heavy atom. The van der Waals surface area contributed by atoms with Gasteiger partial charge in [-0.2, -0.15) is 4.31 Å². The Balaban J connectivity index is 1.47. The molecule has 1 N–H and O–H groups in total. The molecule has 1 atom stereocenters. The van der Waals surface area contributed by atoms with E-state index >= 15 is 0 Å². The number of nitrogens with zero attached hydrogens (tertiary/aromatic N) is 2. The number of sulfonamides is 1. The van der Waals surface area contributed by atoms with Gasteiger partial charge in [-0.3, -0.25) is 4.90 Å². The number of rotatable bonds is 4. The smallest absolute Gasteiger partial charge is 0.506 e. The average Bonchev–Trinajstić information content (AvgIpc) is 3.11. The van der Waals surface area contributed by atoms with E-state index < -0.39 is 38.4 Å². The van der Waals surface area contributed by atoms with Crippen molar-refractivity contribution in [2.24, 2.45) is 0 Å². The molecule has 0 aliphatic carbocycles. The average molecular weight is 466 g/mol. The first-order valence-corrected chi connectivity index (χ1v) is 11.6. The summed E-state index contributed by atoms with van der Waals surface area (Å²) in [6.07, 6.45) is -3.46. The molecule has 0 saturated carbocycles. The molecule has 1 spiro atoms. The summed E-state index contributed by atoms with van der Waals surface area (Å²) in [7, 11) is -4.40. The van der Waals surface area contributed by atoms with Crippen LogP contribution in [0.5, 0.6) is 11.5 Å². The lowest BCUT2D eigenvalue weighted by Crippen LogP contribution is -2.48. The van der Waals surface area contributed by atoms with E-state index in [0.29, 0.717) is 32.7 Å². The molecule has 3 aliphatic rings. The molecule has 0 amide bonds. The van der Waals surface area contributed by atoms with Crippen molar-refractivity contribution in [1.29, 1.82) is 0 Å². The zero-order valence-corrected chi connectivity index (χ0v) is 17.6. The number of aromatic hydroxyl groups is 1. The summed E-state index contributed by atoms with van der Waals surface area (Å²) in [4.78, 5) is 1.45. The Morgan fingerprint density at radius 2 is 1.81 bits per heavy atom. The number of benzene rings is 1.